The molecule has 0 bridgehead atoms. The van der Waals surface area contributed by atoms with E-state index in [0.717, 1.165) is 11.2 Å². The van der Waals surface area contributed by atoms with Crippen molar-refractivity contribution in [3.63, 3.8) is 0 Å². The maximum Gasteiger partial charge on any atom is 0.0375 e. The topological polar surface area (TPSA) is 3.24 Å². The van der Waals surface area contributed by atoms with Crippen LogP contribution in [0.15, 0.2) is 22.7 Å². The highest BCUT2D eigenvalue weighted by Gasteiger charge is 2.23. The SMILES string of the molecule is CN(CC1CC1)c1ccc(CBr)c(Br)c1. The highest BCUT2D eigenvalue weighted by Crippen LogP contribution is 2.32. The van der Waals surface area contributed by atoms with Gasteiger partial charge in [-0.25, -0.2) is 0 Å². The standard InChI is InChI=1S/C12H15Br2N/c1-15(8-9-2-3-9)11-5-4-10(7-13)12(14)6-11/h4-6,9H,2-3,7-8H2,1H3. The van der Waals surface area contributed by atoms with Crippen LogP contribution in [0.4, 0.5) is 5.69 Å². The lowest BCUT2D eigenvalue weighted by Gasteiger charge is -2.19. The van der Waals surface area contributed by atoms with E-state index in [1.807, 2.05) is 0 Å². The Morgan fingerprint density at radius 1 is 1.40 bits per heavy atom. The molecule has 1 saturated carbocycles. The fourth-order valence-corrected chi connectivity index (χ4v) is 3.05. The van der Waals surface area contributed by atoms with Crippen LogP contribution in [0.5, 0.6) is 0 Å². The van der Waals surface area contributed by atoms with Gasteiger partial charge in [-0.15, -0.1) is 0 Å². The Balaban J connectivity index is 2.09. The van der Waals surface area contributed by atoms with Crippen molar-refractivity contribution < 1.29 is 0 Å². The Kier molecular flexibility index (Phi) is 3.73. The van der Waals surface area contributed by atoms with Gasteiger partial charge in [-0.2, -0.15) is 0 Å². The van der Waals surface area contributed by atoms with Crippen molar-refractivity contribution in [2.75, 3.05) is 18.5 Å². The summed E-state index contributed by atoms with van der Waals surface area (Å²) in [6, 6.07) is 6.58. The molecule has 0 spiro atoms. The summed E-state index contributed by atoms with van der Waals surface area (Å²) in [5, 5.41) is 0.903. The van der Waals surface area contributed by atoms with E-state index in [2.05, 4.69) is 62.0 Å². The average molecular weight is 333 g/mol. The van der Waals surface area contributed by atoms with E-state index in [1.54, 1.807) is 0 Å². The van der Waals surface area contributed by atoms with Gasteiger partial charge in [0.15, 0.2) is 0 Å². The lowest BCUT2D eigenvalue weighted by Crippen LogP contribution is -2.19. The molecule has 0 unspecified atom stereocenters. The quantitative estimate of drug-likeness (QED) is 0.747. The molecule has 1 aliphatic rings. The van der Waals surface area contributed by atoms with Crippen LogP contribution in [-0.2, 0) is 5.33 Å². The molecule has 0 radical (unpaired) electrons. The number of anilines is 1. The van der Waals surface area contributed by atoms with Gasteiger partial charge in [0.1, 0.15) is 0 Å². The second kappa shape index (κ2) is 4.88. The Morgan fingerprint density at radius 3 is 2.67 bits per heavy atom. The van der Waals surface area contributed by atoms with Crippen LogP contribution in [0.3, 0.4) is 0 Å². The van der Waals surface area contributed by atoms with Crippen LogP contribution < -0.4 is 4.90 Å². The molecule has 0 aromatic heterocycles. The molecule has 1 nitrogen and oxygen atoms in total. The minimum Gasteiger partial charge on any atom is -0.374 e. The summed E-state index contributed by atoms with van der Waals surface area (Å²) in [6.45, 7) is 1.19. The summed E-state index contributed by atoms with van der Waals surface area (Å²) in [4.78, 5) is 2.35. The molecular formula is C12H15Br2N. The van der Waals surface area contributed by atoms with Crippen LogP contribution in [0.1, 0.15) is 18.4 Å². The first kappa shape index (κ1) is 11.5. The van der Waals surface area contributed by atoms with Crippen LogP contribution in [0.25, 0.3) is 0 Å². The molecule has 0 amide bonds. The summed E-state index contributed by atoms with van der Waals surface area (Å²) >= 11 is 7.08. The molecule has 0 atom stereocenters. The maximum absolute atomic E-state index is 3.60. The second-order valence-electron chi connectivity index (χ2n) is 4.23. The van der Waals surface area contributed by atoms with Crippen molar-refractivity contribution >= 4 is 37.5 Å². The van der Waals surface area contributed by atoms with E-state index in [1.165, 1.54) is 35.1 Å². The van der Waals surface area contributed by atoms with Crippen molar-refractivity contribution in [1.82, 2.24) is 0 Å². The van der Waals surface area contributed by atoms with Gasteiger partial charge in [0, 0.05) is 29.1 Å². The zero-order valence-electron chi connectivity index (χ0n) is 8.84. The van der Waals surface area contributed by atoms with E-state index in [9.17, 15) is 0 Å². The van der Waals surface area contributed by atoms with Gasteiger partial charge in [-0.1, -0.05) is 37.9 Å². The molecule has 15 heavy (non-hydrogen) atoms. The highest BCUT2D eigenvalue weighted by molar-refractivity contribution is 9.10. The third-order valence-corrected chi connectivity index (χ3v) is 4.19. The van der Waals surface area contributed by atoms with E-state index < -0.39 is 0 Å². The van der Waals surface area contributed by atoms with Crippen molar-refractivity contribution in [3.05, 3.63) is 28.2 Å². The van der Waals surface area contributed by atoms with E-state index >= 15 is 0 Å². The van der Waals surface area contributed by atoms with Crippen LogP contribution in [0, 0.1) is 5.92 Å². The number of alkyl halides is 1. The van der Waals surface area contributed by atoms with Crippen molar-refractivity contribution in [3.8, 4) is 0 Å². The van der Waals surface area contributed by atoms with Gasteiger partial charge in [0.05, 0.1) is 0 Å². The lowest BCUT2D eigenvalue weighted by molar-refractivity contribution is 0.787. The summed E-state index contributed by atoms with van der Waals surface area (Å²) in [6.07, 6.45) is 2.82. The molecule has 1 aliphatic carbocycles. The van der Waals surface area contributed by atoms with Crippen LogP contribution >= 0.6 is 31.9 Å². The van der Waals surface area contributed by atoms with E-state index in [4.69, 9.17) is 0 Å². The van der Waals surface area contributed by atoms with Gasteiger partial charge in [-0.05, 0) is 36.5 Å². The first-order chi connectivity index (χ1) is 7.20. The first-order valence-corrected chi connectivity index (χ1v) is 7.17. The molecule has 1 aromatic carbocycles. The second-order valence-corrected chi connectivity index (χ2v) is 5.65. The van der Waals surface area contributed by atoms with Crippen LogP contribution in [-0.4, -0.2) is 13.6 Å². The van der Waals surface area contributed by atoms with E-state index in [-0.39, 0.29) is 0 Å². The Hall–Kier alpha value is -0.0200. The van der Waals surface area contributed by atoms with E-state index in [0.29, 0.717) is 0 Å². The van der Waals surface area contributed by atoms with Crippen molar-refractivity contribution in [2.24, 2.45) is 5.92 Å². The third kappa shape index (κ3) is 2.97. The zero-order chi connectivity index (χ0) is 10.8. The Labute approximate surface area is 108 Å². The molecule has 0 saturated heterocycles. The van der Waals surface area contributed by atoms with Gasteiger partial charge < -0.3 is 4.90 Å². The first-order valence-electron chi connectivity index (χ1n) is 5.26. The van der Waals surface area contributed by atoms with Gasteiger partial charge in [-0.3, -0.25) is 0 Å². The monoisotopic (exact) mass is 331 g/mol. The summed E-state index contributed by atoms with van der Waals surface area (Å²) in [5.74, 6) is 0.935. The number of benzene rings is 1. The summed E-state index contributed by atoms with van der Waals surface area (Å²) in [7, 11) is 2.17. The van der Waals surface area contributed by atoms with Gasteiger partial charge in [0.25, 0.3) is 0 Å². The lowest BCUT2D eigenvalue weighted by atomic mass is 10.2. The molecule has 82 valence electrons. The number of halogens is 2. The highest BCUT2D eigenvalue weighted by atomic mass is 79.9. The minimum absolute atomic E-state index is 0.903. The fraction of sp³-hybridized carbons (Fsp3) is 0.500. The predicted octanol–water partition coefficient (Wildman–Crippen LogP) is 4.19. The van der Waals surface area contributed by atoms with Crippen LogP contribution in [0.2, 0.25) is 0 Å². The summed E-state index contributed by atoms with van der Waals surface area (Å²) in [5.41, 5.74) is 2.61. The molecule has 0 heterocycles. The van der Waals surface area contributed by atoms with Gasteiger partial charge in [0.2, 0.25) is 0 Å². The fourth-order valence-electron chi connectivity index (χ4n) is 1.68. The number of hydrogen-bond acceptors (Lipinski definition) is 1. The van der Waals surface area contributed by atoms with Crippen molar-refractivity contribution in [2.45, 2.75) is 18.2 Å². The largest absolute Gasteiger partial charge is 0.374 e. The number of nitrogens with zero attached hydrogens (tertiary/aromatic N) is 1. The zero-order valence-corrected chi connectivity index (χ0v) is 12.0. The maximum atomic E-state index is 3.60. The molecule has 1 aromatic rings. The van der Waals surface area contributed by atoms with Gasteiger partial charge >= 0.3 is 0 Å². The minimum atomic E-state index is 0.903. The molecule has 0 N–H and O–H groups in total. The number of hydrogen-bond donors (Lipinski definition) is 0. The Morgan fingerprint density at radius 2 is 2.13 bits per heavy atom. The smallest absolute Gasteiger partial charge is 0.0375 e. The number of rotatable bonds is 4. The normalized spacial score (nSPS) is 15.4. The Bertz CT molecular complexity index is 347. The van der Waals surface area contributed by atoms with Crippen molar-refractivity contribution in [1.29, 1.82) is 0 Å². The molecule has 2 rings (SSSR count). The average Bonchev–Trinajstić information content (AvgIpc) is 3.01. The molecule has 1 fully saturated rings. The third-order valence-electron chi connectivity index (χ3n) is 2.85. The molecule has 0 aliphatic heterocycles. The predicted molar refractivity (Wildman–Crippen MR) is 72.8 cm³/mol. The molecular weight excluding hydrogens is 318 g/mol. The summed E-state index contributed by atoms with van der Waals surface area (Å²) < 4.78 is 1.19. The molecule has 3 heteroatoms.